The van der Waals surface area contributed by atoms with Crippen molar-refractivity contribution in [1.29, 1.82) is 0 Å². The van der Waals surface area contributed by atoms with Crippen molar-refractivity contribution in [3.8, 4) is 0 Å². The second-order valence-electron chi connectivity index (χ2n) is 4.84. The van der Waals surface area contributed by atoms with Crippen molar-refractivity contribution in [2.24, 2.45) is 0 Å². The van der Waals surface area contributed by atoms with Crippen LogP contribution in [-0.2, 0) is 12.8 Å². The Hall–Kier alpha value is -1.16. The summed E-state index contributed by atoms with van der Waals surface area (Å²) in [6.07, 6.45) is 0.974. The van der Waals surface area contributed by atoms with Gasteiger partial charge >= 0.3 is 0 Å². The minimum absolute atomic E-state index is 0.0556. The van der Waals surface area contributed by atoms with E-state index in [1.165, 1.54) is 6.07 Å². The summed E-state index contributed by atoms with van der Waals surface area (Å²) in [6, 6.07) is 9.44. The zero-order valence-corrected chi connectivity index (χ0v) is 13.0. The maximum Gasteiger partial charge on any atom is 0.162 e. The zero-order valence-electron chi connectivity index (χ0n) is 11.5. The van der Waals surface area contributed by atoms with E-state index in [-0.39, 0.29) is 6.04 Å². The van der Waals surface area contributed by atoms with Crippen LogP contribution in [0.4, 0.5) is 8.78 Å². The minimum Gasteiger partial charge on any atom is -0.316 e. The Morgan fingerprint density at radius 3 is 2.43 bits per heavy atom. The Kier molecular flexibility index (Phi) is 5.57. The van der Waals surface area contributed by atoms with E-state index in [0.29, 0.717) is 28.5 Å². The van der Waals surface area contributed by atoms with Gasteiger partial charge < -0.3 is 5.32 Å². The first-order valence-corrected chi connectivity index (χ1v) is 7.31. The van der Waals surface area contributed by atoms with E-state index in [2.05, 4.69) is 5.32 Å². The van der Waals surface area contributed by atoms with Gasteiger partial charge in [-0.25, -0.2) is 8.78 Å². The number of likely N-dealkylation sites (N-methyl/N-ethyl adjacent to an activating group) is 1. The second kappa shape index (κ2) is 7.21. The molecule has 0 saturated carbocycles. The summed E-state index contributed by atoms with van der Waals surface area (Å²) < 4.78 is 27.0. The fourth-order valence-corrected chi connectivity index (χ4v) is 2.69. The molecule has 2 rings (SSSR count). The molecule has 1 unspecified atom stereocenters. The molecular formula is C16H15Cl2F2N. The number of hydrogen-bond acceptors (Lipinski definition) is 1. The van der Waals surface area contributed by atoms with Gasteiger partial charge in [0, 0.05) is 16.1 Å². The van der Waals surface area contributed by atoms with Crippen LogP contribution in [0.25, 0.3) is 0 Å². The average molecular weight is 330 g/mol. The third-order valence-corrected chi connectivity index (χ3v) is 3.97. The molecule has 0 aliphatic carbocycles. The van der Waals surface area contributed by atoms with Crippen molar-refractivity contribution in [3.63, 3.8) is 0 Å². The van der Waals surface area contributed by atoms with Crippen LogP contribution in [0, 0.1) is 11.6 Å². The third kappa shape index (κ3) is 4.16. The summed E-state index contributed by atoms with van der Waals surface area (Å²) in [4.78, 5) is 0. The number of nitrogens with one attached hydrogen (secondary N) is 1. The van der Waals surface area contributed by atoms with Gasteiger partial charge in [-0.15, -0.1) is 0 Å². The molecule has 0 amide bonds. The summed E-state index contributed by atoms with van der Waals surface area (Å²) in [5.41, 5.74) is 1.26. The summed E-state index contributed by atoms with van der Waals surface area (Å²) in [6.45, 7) is 0. The Labute approximate surface area is 132 Å². The Bertz CT molecular complexity index is 632. The Balaban J connectivity index is 2.15. The second-order valence-corrected chi connectivity index (χ2v) is 5.69. The zero-order chi connectivity index (χ0) is 15.4. The largest absolute Gasteiger partial charge is 0.316 e. The standard InChI is InChI=1S/C16H15Cl2F2N/c1-21-13(7-10-5-6-12(17)9-14(10)18)8-11-3-2-4-15(19)16(11)20/h2-6,9,13,21H,7-8H2,1H3. The maximum atomic E-state index is 13.7. The van der Waals surface area contributed by atoms with E-state index >= 15 is 0 Å². The summed E-state index contributed by atoms with van der Waals surface area (Å²) >= 11 is 12.0. The molecule has 2 aromatic carbocycles. The highest BCUT2D eigenvalue weighted by molar-refractivity contribution is 6.35. The van der Waals surface area contributed by atoms with Crippen LogP contribution in [0.2, 0.25) is 10.0 Å². The van der Waals surface area contributed by atoms with Gasteiger partial charge in [0.15, 0.2) is 11.6 Å². The van der Waals surface area contributed by atoms with Crippen LogP contribution in [-0.4, -0.2) is 13.1 Å². The van der Waals surface area contributed by atoms with Crippen LogP contribution in [0.15, 0.2) is 36.4 Å². The molecule has 112 valence electrons. The maximum absolute atomic E-state index is 13.7. The SMILES string of the molecule is CNC(Cc1ccc(Cl)cc1Cl)Cc1cccc(F)c1F. The molecule has 1 nitrogen and oxygen atoms in total. The van der Waals surface area contributed by atoms with Gasteiger partial charge in [0.2, 0.25) is 0 Å². The van der Waals surface area contributed by atoms with Crippen LogP contribution in [0.1, 0.15) is 11.1 Å². The van der Waals surface area contributed by atoms with E-state index in [4.69, 9.17) is 23.2 Å². The average Bonchev–Trinajstić information content (AvgIpc) is 2.45. The van der Waals surface area contributed by atoms with Gasteiger partial charge in [0.25, 0.3) is 0 Å². The number of rotatable bonds is 5. The normalized spacial score (nSPS) is 12.4. The van der Waals surface area contributed by atoms with Crippen LogP contribution >= 0.6 is 23.2 Å². The highest BCUT2D eigenvalue weighted by atomic mass is 35.5. The molecule has 5 heteroatoms. The van der Waals surface area contributed by atoms with Crippen molar-refractivity contribution in [1.82, 2.24) is 5.32 Å². The molecule has 1 N–H and O–H groups in total. The van der Waals surface area contributed by atoms with Gasteiger partial charge in [0.05, 0.1) is 0 Å². The Morgan fingerprint density at radius 1 is 1.05 bits per heavy atom. The van der Waals surface area contributed by atoms with E-state index in [9.17, 15) is 8.78 Å². The first kappa shape index (κ1) is 16.2. The summed E-state index contributed by atoms with van der Waals surface area (Å²) in [5.74, 6) is -1.62. The molecule has 0 fully saturated rings. The third-order valence-electron chi connectivity index (χ3n) is 3.39. The molecule has 0 spiro atoms. The van der Waals surface area contributed by atoms with Crippen LogP contribution < -0.4 is 5.32 Å². The van der Waals surface area contributed by atoms with Gasteiger partial charge in [-0.1, -0.05) is 41.4 Å². The molecular weight excluding hydrogens is 315 g/mol. The smallest absolute Gasteiger partial charge is 0.162 e. The quantitative estimate of drug-likeness (QED) is 0.842. The molecule has 21 heavy (non-hydrogen) atoms. The van der Waals surface area contributed by atoms with Crippen molar-refractivity contribution in [3.05, 3.63) is 69.2 Å². The lowest BCUT2D eigenvalue weighted by molar-refractivity contribution is 0.482. The van der Waals surface area contributed by atoms with Gasteiger partial charge in [0.1, 0.15) is 0 Å². The first-order valence-electron chi connectivity index (χ1n) is 6.55. The molecule has 0 aromatic heterocycles. The van der Waals surface area contributed by atoms with Crippen molar-refractivity contribution >= 4 is 23.2 Å². The fourth-order valence-electron chi connectivity index (χ4n) is 2.20. The number of hydrogen-bond donors (Lipinski definition) is 1. The van der Waals surface area contributed by atoms with Crippen molar-refractivity contribution in [2.75, 3.05) is 7.05 Å². The lowest BCUT2D eigenvalue weighted by Crippen LogP contribution is -2.30. The van der Waals surface area contributed by atoms with E-state index in [1.807, 2.05) is 6.07 Å². The monoisotopic (exact) mass is 329 g/mol. The molecule has 0 aliphatic rings. The molecule has 0 heterocycles. The van der Waals surface area contributed by atoms with Gasteiger partial charge in [-0.05, 0) is 49.2 Å². The fraction of sp³-hybridized carbons (Fsp3) is 0.250. The van der Waals surface area contributed by atoms with E-state index < -0.39 is 11.6 Å². The van der Waals surface area contributed by atoms with Crippen LogP contribution in [0.3, 0.4) is 0 Å². The molecule has 0 bridgehead atoms. The highest BCUT2D eigenvalue weighted by Gasteiger charge is 2.15. The van der Waals surface area contributed by atoms with Crippen molar-refractivity contribution < 1.29 is 8.78 Å². The number of halogens is 4. The lowest BCUT2D eigenvalue weighted by Gasteiger charge is -2.18. The lowest BCUT2D eigenvalue weighted by atomic mass is 9.98. The topological polar surface area (TPSA) is 12.0 Å². The first-order chi connectivity index (χ1) is 10.0. The predicted molar refractivity (Wildman–Crippen MR) is 83.1 cm³/mol. The highest BCUT2D eigenvalue weighted by Crippen LogP contribution is 2.23. The molecule has 0 aliphatic heterocycles. The molecule has 2 aromatic rings. The van der Waals surface area contributed by atoms with Crippen molar-refractivity contribution in [2.45, 2.75) is 18.9 Å². The summed E-state index contributed by atoms with van der Waals surface area (Å²) in [7, 11) is 1.78. The predicted octanol–water partition coefficient (Wildman–Crippen LogP) is 4.64. The molecule has 0 saturated heterocycles. The number of benzene rings is 2. The molecule has 1 atom stereocenters. The van der Waals surface area contributed by atoms with Gasteiger partial charge in [-0.3, -0.25) is 0 Å². The van der Waals surface area contributed by atoms with Gasteiger partial charge in [-0.2, -0.15) is 0 Å². The van der Waals surface area contributed by atoms with Crippen LogP contribution in [0.5, 0.6) is 0 Å². The minimum atomic E-state index is -0.827. The summed E-state index contributed by atoms with van der Waals surface area (Å²) in [5, 5.41) is 4.25. The molecule has 0 radical (unpaired) electrons. The Morgan fingerprint density at radius 2 is 1.76 bits per heavy atom. The van der Waals surface area contributed by atoms with E-state index in [1.54, 1.807) is 25.2 Å². The van der Waals surface area contributed by atoms with E-state index in [0.717, 1.165) is 11.6 Å².